The fourth-order valence-corrected chi connectivity index (χ4v) is 3.85. The van der Waals surface area contributed by atoms with Gasteiger partial charge in [0.15, 0.2) is 0 Å². The molecule has 4 nitrogen and oxygen atoms in total. The van der Waals surface area contributed by atoms with Crippen LogP contribution < -0.4 is 5.32 Å². The first-order valence-corrected chi connectivity index (χ1v) is 11.5. The number of carbonyl (C=O) groups excluding carboxylic acids is 2. The van der Waals surface area contributed by atoms with Gasteiger partial charge in [-0.1, -0.05) is 61.4 Å². The summed E-state index contributed by atoms with van der Waals surface area (Å²) in [6, 6.07) is 13.9. The molecule has 6 heteroatoms. The lowest BCUT2D eigenvalue weighted by Gasteiger charge is -2.29. The summed E-state index contributed by atoms with van der Waals surface area (Å²) in [6.07, 6.45) is 1.90. The van der Waals surface area contributed by atoms with Gasteiger partial charge in [0.05, 0.1) is 5.75 Å². The summed E-state index contributed by atoms with van der Waals surface area (Å²) in [7, 11) is 0. The number of thioether (sulfide) groups is 1. The predicted octanol–water partition coefficient (Wildman–Crippen LogP) is 4.70. The molecule has 30 heavy (non-hydrogen) atoms. The minimum atomic E-state index is -0.579. The second-order valence-corrected chi connectivity index (χ2v) is 8.40. The predicted molar refractivity (Wildman–Crippen MR) is 122 cm³/mol. The topological polar surface area (TPSA) is 49.4 Å². The number of hydrogen-bond acceptors (Lipinski definition) is 3. The average Bonchev–Trinajstić information content (AvgIpc) is 2.74. The average molecular weight is 431 g/mol. The van der Waals surface area contributed by atoms with Crippen molar-refractivity contribution in [2.24, 2.45) is 0 Å². The fourth-order valence-electron chi connectivity index (χ4n) is 2.96. The number of amides is 2. The highest BCUT2D eigenvalue weighted by Gasteiger charge is 2.25. The highest BCUT2D eigenvalue weighted by Crippen LogP contribution is 2.18. The van der Waals surface area contributed by atoms with Crippen LogP contribution in [-0.2, 0) is 21.9 Å². The summed E-state index contributed by atoms with van der Waals surface area (Å²) in [6.45, 7) is 6.80. The summed E-state index contributed by atoms with van der Waals surface area (Å²) in [5.41, 5.74) is 2.69. The van der Waals surface area contributed by atoms with E-state index in [0.717, 1.165) is 24.0 Å². The molecule has 1 atom stereocenters. The third kappa shape index (κ3) is 7.48. The van der Waals surface area contributed by atoms with Crippen molar-refractivity contribution in [3.63, 3.8) is 0 Å². The molecule has 0 bridgehead atoms. The molecule has 1 unspecified atom stereocenters. The molecule has 0 fully saturated rings. The molecule has 162 valence electrons. The molecule has 0 saturated carbocycles. The molecular formula is C24H31FN2O2S. The van der Waals surface area contributed by atoms with Crippen molar-refractivity contribution in [1.29, 1.82) is 0 Å². The molecular weight excluding hydrogens is 399 g/mol. The van der Waals surface area contributed by atoms with E-state index < -0.39 is 6.04 Å². The zero-order chi connectivity index (χ0) is 21.9. The van der Waals surface area contributed by atoms with E-state index >= 15 is 0 Å². The van der Waals surface area contributed by atoms with Crippen LogP contribution in [0.1, 0.15) is 43.4 Å². The molecule has 0 aliphatic heterocycles. The SMILES string of the molecule is CCCCNC(=O)C(C)N(Cc1ccc(C)cc1)C(=O)CSCc1ccccc1F. The van der Waals surface area contributed by atoms with Crippen molar-refractivity contribution in [1.82, 2.24) is 10.2 Å². The smallest absolute Gasteiger partial charge is 0.242 e. The van der Waals surface area contributed by atoms with Gasteiger partial charge < -0.3 is 10.2 Å². The van der Waals surface area contributed by atoms with E-state index in [1.807, 2.05) is 31.2 Å². The van der Waals surface area contributed by atoms with Crippen LogP contribution in [0.25, 0.3) is 0 Å². The lowest BCUT2D eigenvalue weighted by Crippen LogP contribution is -2.48. The Morgan fingerprint density at radius 1 is 1.13 bits per heavy atom. The van der Waals surface area contributed by atoms with Crippen molar-refractivity contribution in [2.45, 2.75) is 52.0 Å². The number of carbonyl (C=O) groups is 2. The fraction of sp³-hybridized carbons (Fsp3) is 0.417. The van der Waals surface area contributed by atoms with E-state index in [9.17, 15) is 14.0 Å². The van der Waals surface area contributed by atoms with Gasteiger partial charge in [0, 0.05) is 18.8 Å². The maximum absolute atomic E-state index is 13.8. The van der Waals surface area contributed by atoms with Crippen molar-refractivity contribution in [2.75, 3.05) is 12.3 Å². The van der Waals surface area contributed by atoms with Crippen LogP contribution in [0, 0.1) is 12.7 Å². The van der Waals surface area contributed by atoms with Gasteiger partial charge in [-0.25, -0.2) is 4.39 Å². The Labute approximate surface area is 183 Å². The van der Waals surface area contributed by atoms with Gasteiger partial charge in [0.25, 0.3) is 0 Å². The molecule has 0 heterocycles. The molecule has 0 aromatic heterocycles. The lowest BCUT2D eigenvalue weighted by atomic mass is 10.1. The molecule has 0 aliphatic rings. The van der Waals surface area contributed by atoms with E-state index in [1.54, 1.807) is 30.0 Å². The summed E-state index contributed by atoms with van der Waals surface area (Å²) in [4.78, 5) is 27.2. The molecule has 1 N–H and O–H groups in total. The third-order valence-corrected chi connectivity index (χ3v) is 5.88. The van der Waals surface area contributed by atoms with Gasteiger partial charge in [-0.05, 0) is 37.5 Å². The Hall–Kier alpha value is -2.34. The molecule has 2 aromatic carbocycles. The Balaban J connectivity index is 2.04. The highest BCUT2D eigenvalue weighted by molar-refractivity contribution is 7.99. The number of nitrogens with zero attached hydrogens (tertiary/aromatic N) is 1. The zero-order valence-electron chi connectivity index (χ0n) is 18.0. The Morgan fingerprint density at radius 3 is 2.50 bits per heavy atom. The molecule has 0 aliphatic carbocycles. The highest BCUT2D eigenvalue weighted by atomic mass is 32.2. The normalized spacial score (nSPS) is 11.7. The first-order chi connectivity index (χ1) is 14.4. The van der Waals surface area contributed by atoms with Crippen LogP contribution in [0.2, 0.25) is 0 Å². The van der Waals surface area contributed by atoms with Gasteiger partial charge >= 0.3 is 0 Å². The van der Waals surface area contributed by atoms with Crippen LogP contribution in [0.4, 0.5) is 4.39 Å². The quantitative estimate of drug-likeness (QED) is 0.526. The number of benzene rings is 2. The maximum Gasteiger partial charge on any atom is 0.242 e. The number of aryl methyl sites for hydroxylation is 1. The minimum Gasteiger partial charge on any atom is -0.354 e. The van der Waals surface area contributed by atoms with E-state index in [2.05, 4.69) is 12.2 Å². The van der Waals surface area contributed by atoms with Gasteiger partial charge in [-0.2, -0.15) is 0 Å². The molecule has 2 rings (SSSR count). The zero-order valence-corrected chi connectivity index (χ0v) is 18.8. The number of nitrogens with one attached hydrogen (secondary N) is 1. The first-order valence-electron chi connectivity index (χ1n) is 10.4. The van der Waals surface area contributed by atoms with Crippen molar-refractivity contribution in [3.8, 4) is 0 Å². The van der Waals surface area contributed by atoms with Crippen molar-refractivity contribution in [3.05, 3.63) is 71.0 Å². The maximum atomic E-state index is 13.8. The van der Waals surface area contributed by atoms with Gasteiger partial charge in [-0.15, -0.1) is 11.8 Å². The molecule has 0 radical (unpaired) electrons. The molecule has 0 spiro atoms. The Kier molecular flexibility index (Phi) is 9.87. The second kappa shape index (κ2) is 12.4. The van der Waals surface area contributed by atoms with E-state index in [0.29, 0.717) is 24.4 Å². The molecule has 2 amide bonds. The summed E-state index contributed by atoms with van der Waals surface area (Å²) in [5, 5.41) is 2.91. The summed E-state index contributed by atoms with van der Waals surface area (Å²) < 4.78 is 13.8. The van der Waals surface area contributed by atoms with Crippen molar-refractivity contribution >= 4 is 23.6 Å². The minimum absolute atomic E-state index is 0.130. The first kappa shape index (κ1) is 23.9. The molecule has 0 saturated heterocycles. The van der Waals surface area contributed by atoms with E-state index in [4.69, 9.17) is 0 Å². The lowest BCUT2D eigenvalue weighted by molar-refractivity contribution is -0.138. The number of unbranched alkanes of at least 4 members (excludes halogenated alkanes) is 1. The number of hydrogen-bond donors (Lipinski definition) is 1. The van der Waals surface area contributed by atoms with Gasteiger partial charge in [0.2, 0.25) is 11.8 Å². The molecule has 2 aromatic rings. The number of rotatable bonds is 11. The van der Waals surface area contributed by atoms with Crippen LogP contribution in [0.3, 0.4) is 0 Å². The monoisotopic (exact) mass is 430 g/mol. The summed E-state index contributed by atoms with van der Waals surface area (Å²) in [5.74, 6) is 0.0522. The van der Waals surface area contributed by atoms with Crippen LogP contribution >= 0.6 is 11.8 Å². The standard InChI is InChI=1S/C24H31FN2O2S/c1-4-5-14-26-24(29)19(3)27(15-20-12-10-18(2)11-13-20)23(28)17-30-16-21-8-6-7-9-22(21)25/h6-13,19H,4-5,14-17H2,1-3H3,(H,26,29). The van der Waals surface area contributed by atoms with Gasteiger partial charge in [-0.3, -0.25) is 9.59 Å². The van der Waals surface area contributed by atoms with Crippen LogP contribution in [-0.4, -0.2) is 35.1 Å². The Morgan fingerprint density at radius 2 is 1.83 bits per heavy atom. The largest absolute Gasteiger partial charge is 0.354 e. The van der Waals surface area contributed by atoms with Crippen LogP contribution in [0.5, 0.6) is 0 Å². The third-order valence-electron chi connectivity index (χ3n) is 4.91. The van der Waals surface area contributed by atoms with Crippen LogP contribution in [0.15, 0.2) is 48.5 Å². The number of halogens is 1. The van der Waals surface area contributed by atoms with Gasteiger partial charge in [0.1, 0.15) is 11.9 Å². The summed E-state index contributed by atoms with van der Waals surface area (Å²) >= 11 is 1.36. The van der Waals surface area contributed by atoms with E-state index in [-0.39, 0.29) is 23.4 Å². The second-order valence-electron chi connectivity index (χ2n) is 7.41. The Bertz CT molecular complexity index is 826. The van der Waals surface area contributed by atoms with Crippen molar-refractivity contribution < 1.29 is 14.0 Å². The van der Waals surface area contributed by atoms with E-state index in [1.165, 1.54) is 17.8 Å².